The Hall–Kier alpha value is -0.730. The third-order valence-electron chi connectivity index (χ3n) is 2.45. The van der Waals surface area contributed by atoms with Crippen molar-refractivity contribution in [3.05, 3.63) is 0 Å². The zero-order chi connectivity index (χ0) is 8.97. The van der Waals surface area contributed by atoms with Gasteiger partial charge in [0.05, 0.1) is 7.11 Å². The molecule has 0 radical (unpaired) electrons. The van der Waals surface area contributed by atoms with Gasteiger partial charge in [-0.2, -0.15) is 0 Å². The molecule has 0 aromatic rings. The molecule has 70 valence electrons. The number of carbonyl (C=O) groups is 1. The van der Waals surface area contributed by atoms with Crippen molar-refractivity contribution in [2.75, 3.05) is 20.2 Å². The molecular formula is C9H17NO2. The third kappa shape index (κ3) is 2.40. The fraction of sp³-hybridized carbons (Fsp3) is 0.889. The Morgan fingerprint density at radius 1 is 1.42 bits per heavy atom. The molecule has 1 aliphatic heterocycles. The lowest BCUT2D eigenvalue weighted by atomic mass is 10.0. The molecule has 0 aliphatic carbocycles. The van der Waals surface area contributed by atoms with Crippen molar-refractivity contribution >= 4 is 6.09 Å². The second-order valence-electron chi connectivity index (χ2n) is 3.49. The molecule has 1 unspecified atom stereocenters. The molecule has 1 rings (SSSR count). The summed E-state index contributed by atoms with van der Waals surface area (Å²) in [6, 6.07) is 0. The average Bonchev–Trinajstić information content (AvgIpc) is 2.29. The molecule has 0 saturated carbocycles. The van der Waals surface area contributed by atoms with Gasteiger partial charge in [-0.1, -0.05) is 6.92 Å². The van der Waals surface area contributed by atoms with Crippen LogP contribution in [0.4, 0.5) is 4.79 Å². The van der Waals surface area contributed by atoms with Crippen LogP contribution in [0.25, 0.3) is 0 Å². The first-order chi connectivity index (χ1) is 5.74. The summed E-state index contributed by atoms with van der Waals surface area (Å²) in [7, 11) is 1.44. The van der Waals surface area contributed by atoms with Crippen LogP contribution in [-0.4, -0.2) is 31.2 Å². The van der Waals surface area contributed by atoms with Crippen LogP contribution in [0.1, 0.15) is 26.2 Å². The van der Waals surface area contributed by atoms with E-state index in [0.717, 1.165) is 31.8 Å². The minimum absolute atomic E-state index is 0.177. The van der Waals surface area contributed by atoms with Crippen molar-refractivity contribution in [1.82, 2.24) is 4.90 Å². The maximum atomic E-state index is 11.1. The molecule has 1 fully saturated rings. The topological polar surface area (TPSA) is 29.5 Å². The number of amides is 1. The molecule has 1 amide bonds. The summed E-state index contributed by atoms with van der Waals surface area (Å²) in [6.45, 7) is 3.95. The Balaban J connectivity index is 2.40. The van der Waals surface area contributed by atoms with Gasteiger partial charge in [-0.05, 0) is 25.2 Å². The van der Waals surface area contributed by atoms with Crippen molar-refractivity contribution in [1.29, 1.82) is 0 Å². The summed E-state index contributed by atoms with van der Waals surface area (Å²) in [5.74, 6) is 0.750. The van der Waals surface area contributed by atoms with Crippen LogP contribution in [0.3, 0.4) is 0 Å². The molecule has 0 bridgehead atoms. The summed E-state index contributed by atoms with van der Waals surface area (Å²) in [5.41, 5.74) is 0. The van der Waals surface area contributed by atoms with E-state index in [2.05, 4.69) is 11.7 Å². The summed E-state index contributed by atoms with van der Waals surface area (Å²) in [5, 5.41) is 0. The van der Waals surface area contributed by atoms with Gasteiger partial charge < -0.3 is 9.64 Å². The molecule has 0 spiro atoms. The lowest BCUT2D eigenvalue weighted by Gasteiger charge is -2.18. The lowest BCUT2D eigenvalue weighted by molar-refractivity contribution is 0.125. The van der Waals surface area contributed by atoms with Gasteiger partial charge in [-0.25, -0.2) is 4.79 Å². The molecule has 0 aromatic heterocycles. The van der Waals surface area contributed by atoms with E-state index in [1.54, 1.807) is 4.90 Å². The van der Waals surface area contributed by atoms with Crippen molar-refractivity contribution in [3.8, 4) is 0 Å². The van der Waals surface area contributed by atoms with Crippen LogP contribution in [0.2, 0.25) is 0 Å². The zero-order valence-electron chi connectivity index (χ0n) is 7.88. The Bertz CT molecular complexity index is 159. The quantitative estimate of drug-likeness (QED) is 0.557. The fourth-order valence-electron chi connectivity index (χ4n) is 1.57. The molecule has 12 heavy (non-hydrogen) atoms. The van der Waals surface area contributed by atoms with Crippen LogP contribution in [0, 0.1) is 5.92 Å². The molecule has 1 heterocycles. The van der Waals surface area contributed by atoms with Gasteiger partial charge in [0.25, 0.3) is 0 Å². The predicted molar refractivity (Wildman–Crippen MR) is 47.0 cm³/mol. The van der Waals surface area contributed by atoms with Crippen molar-refractivity contribution in [2.45, 2.75) is 26.2 Å². The second kappa shape index (κ2) is 4.33. The number of likely N-dealkylation sites (tertiary alicyclic amines) is 1. The van der Waals surface area contributed by atoms with Gasteiger partial charge in [0.1, 0.15) is 0 Å². The molecule has 1 aliphatic rings. The monoisotopic (exact) mass is 171 g/mol. The number of carbonyl (C=O) groups excluding carboxylic acids is 1. The summed E-state index contributed by atoms with van der Waals surface area (Å²) < 4.78 is 4.67. The van der Waals surface area contributed by atoms with E-state index < -0.39 is 0 Å². The van der Waals surface area contributed by atoms with E-state index in [1.807, 2.05) is 0 Å². The maximum absolute atomic E-state index is 11.1. The number of rotatable bonds is 0. The molecule has 3 heteroatoms. The SMILES string of the molecule is COC(=O)N1CCCC(C)CC1. The molecule has 1 saturated heterocycles. The number of ether oxygens (including phenoxy) is 1. The highest BCUT2D eigenvalue weighted by molar-refractivity contribution is 5.67. The summed E-state index contributed by atoms with van der Waals surface area (Å²) >= 11 is 0. The highest BCUT2D eigenvalue weighted by Gasteiger charge is 2.18. The summed E-state index contributed by atoms with van der Waals surface area (Å²) in [6.07, 6.45) is 3.27. The largest absolute Gasteiger partial charge is 0.453 e. The number of hydrogen-bond acceptors (Lipinski definition) is 2. The van der Waals surface area contributed by atoms with E-state index >= 15 is 0 Å². The van der Waals surface area contributed by atoms with Gasteiger partial charge in [0, 0.05) is 13.1 Å². The molecular weight excluding hydrogens is 154 g/mol. The average molecular weight is 171 g/mol. The standard InChI is InChI=1S/C9H17NO2/c1-8-4-3-6-10(7-5-8)9(11)12-2/h8H,3-7H2,1-2H3. The van der Waals surface area contributed by atoms with E-state index in [1.165, 1.54) is 13.5 Å². The highest BCUT2D eigenvalue weighted by atomic mass is 16.5. The van der Waals surface area contributed by atoms with E-state index in [4.69, 9.17) is 0 Å². The summed E-state index contributed by atoms with van der Waals surface area (Å²) in [4.78, 5) is 12.9. The van der Waals surface area contributed by atoms with Crippen LogP contribution in [0.5, 0.6) is 0 Å². The highest BCUT2D eigenvalue weighted by Crippen LogP contribution is 2.16. The van der Waals surface area contributed by atoms with E-state index in [-0.39, 0.29) is 6.09 Å². The first-order valence-electron chi connectivity index (χ1n) is 4.57. The van der Waals surface area contributed by atoms with Crippen molar-refractivity contribution in [2.24, 2.45) is 5.92 Å². The zero-order valence-corrected chi connectivity index (χ0v) is 7.88. The number of methoxy groups -OCH3 is 1. The Kier molecular flexibility index (Phi) is 3.38. The Morgan fingerprint density at radius 3 is 2.83 bits per heavy atom. The smallest absolute Gasteiger partial charge is 0.409 e. The minimum Gasteiger partial charge on any atom is -0.453 e. The van der Waals surface area contributed by atoms with Crippen molar-refractivity contribution < 1.29 is 9.53 Å². The van der Waals surface area contributed by atoms with Crippen LogP contribution < -0.4 is 0 Å². The Labute approximate surface area is 73.7 Å². The normalized spacial score (nSPS) is 24.8. The molecule has 3 nitrogen and oxygen atoms in total. The Morgan fingerprint density at radius 2 is 2.17 bits per heavy atom. The van der Waals surface area contributed by atoms with Gasteiger partial charge in [-0.3, -0.25) is 0 Å². The first kappa shape index (κ1) is 9.36. The maximum Gasteiger partial charge on any atom is 0.409 e. The molecule has 1 atom stereocenters. The fourth-order valence-corrected chi connectivity index (χ4v) is 1.57. The van der Waals surface area contributed by atoms with Gasteiger partial charge in [-0.15, -0.1) is 0 Å². The molecule has 0 N–H and O–H groups in total. The first-order valence-corrected chi connectivity index (χ1v) is 4.57. The van der Waals surface area contributed by atoms with Crippen LogP contribution in [0.15, 0.2) is 0 Å². The predicted octanol–water partition coefficient (Wildman–Crippen LogP) is 1.87. The lowest BCUT2D eigenvalue weighted by Crippen LogP contribution is -2.31. The number of hydrogen-bond donors (Lipinski definition) is 0. The number of nitrogens with zero attached hydrogens (tertiary/aromatic N) is 1. The van der Waals surface area contributed by atoms with E-state index in [9.17, 15) is 4.79 Å². The van der Waals surface area contributed by atoms with Gasteiger partial charge >= 0.3 is 6.09 Å². The second-order valence-corrected chi connectivity index (χ2v) is 3.49. The van der Waals surface area contributed by atoms with Crippen molar-refractivity contribution in [3.63, 3.8) is 0 Å². The van der Waals surface area contributed by atoms with Crippen LogP contribution in [-0.2, 0) is 4.74 Å². The van der Waals surface area contributed by atoms with Gasteiger partial charge in [0.2, 0.25) is 0 Å². The van der Waals surface area contributed by atoms with Crippen LogP contribution >= 0.6 is 0 Å². The minimum atomic E-state index is -0.177. The third-order valence-corrected chi connectivity index (χ3v) is 2.45. The molecule has 0 aromatic carbocycles. The van der Waals surface area contributed by atoms with E-state index in [0.29, 0.717) is 0 Å². The van der Waals surface area contributed by atoms with Gasteiger partial charge in [0.15, 0.2) is 0 Å².